The summed E-state index contributed by atoms with van der Waals surface area (Å²) in [4.78, 5) is 26.6. The molecule has 4 nitrogen and oxygen atoms in total. The summed E-state index contributed by atoms with van der Waals surface area (Å²) in [5.41, 5.74) is -0.464. The van der Waals surface area contributed by atoms with E-state index < -0.39 is 5.54 Å². The van der Waals surface area contributed by atoms with E-state index in [9.17, 15) is 9.59 Å². The van der Waals surface area contributed by atoms with E-state index in [4.69, 9.17) is 0 Å². The maximum Gasteiger partial charge on any atom is 0.325 e. The van der Waals surface area contributed by atoms with Crippen molar-refractivity contribution in [2.45, 2.75) is 63.3 Å². The van der Waals surface area contributed by atoms with Crippen LogP contribution in [0.5, 0.6) is 0 Å². The Labute approximate surface area is 128 Å². The van der Waals surface area contributed by atoms with Gasteiger partial charge in [-0.15, -0.1) is 0 Å². The van der Waals surface area contributed by atoms with Crippen LogP contribution in [-0.2, 0) is 4.79 Å². The molecule has 2 saturated carbocycles. The smallest absolute Gasteiger partial charge is 0.323 e. The van der Waals surface area contributed by atoms with Crippen molar-refractivity contribution in [3.05, 3.63) is 0 Å². The van der Waals surface area contributed by atoms with Crippen molar-refractivity contribution in [3.63, 3.8) is 0 Å². The Morgan fingerprint density at radius 1 is 1.00 bits per heavy atom. The zero-order valence-electron chi connectivity index (χ0n) is 11.9. The van der Waals surface area contributed by atoms with E-state index in [0.717, 1.165) is 43.9 Å². The second-order valence-corrected chi connectivity index (χ2v) is 7.37. The molecule has 1 N–H and O–H groups in total. The van der Waals surface area contributed by atoms with E-state index in [1.54, 1.807) is 0 Å². The van der Waals surface area contributed by atoms with Gasteiger partial charge in [0.1, 0.15) is 5.54 Å². The zero-order chi connectivity index (χ0) is 14.2. The highest BCUT2D eigenvalue weighted by molar-refractivity contribution is 9.09. The van der Waals surface area contributed by atoms with Crippen molar-refractivity contribution in [3.8, 4) is 0 Å². The highest BCUT2D eigenvalue weighted by Crippen LogP contribution is 2.42. The van der Waals surface area contributed by atoms with Gasteiger partial charge in [-0.1, -0.05) is 48.0 Å². The van der Waals surface area contributed by atoms with Gasteiger partial charge in [0.2, 0.25) is 0 Å². The topological polar surface area (TPSA) is 49.4 Å². The third kappa shape index (κ3) is 2.28. The molecule has 1 saturated heterocycles. The van der Waals surface area contributed by atoms with Crippen LogP contribution in [0, 0.1) is 5.41 Å². The molecule has 3 fully saturated rings. The summed E-state index contributed by atoms with van der Waals surface area (Å²) in [5, 5.41) is 3.89. The van der Waals surface area contributed by atoms with Gasteiger partial charge < -0.3 is 5.32 Å². The van der Waals surface area contributed by atoms with Crippen molar-refractivity contribution < 1.29 is 9.59 Å². The fourth-order valence-electron chi connectivity index (χ4n) is 4.11. The quantitative estimate of drug-likeness (QED) is 0.632. The van der Waals surface area contributed by atoms with Gasteiger partial charge in [0.05, 0.1) is 0 Å². The molecule has 0 radical (unpaired) electrons. The second kappa shape index (κ2) is 5.32. The molecule has 2 aliphatic carbocycles. The summed E-state index contributed by atoms with van der Waals surface area (Å²) in [7, 11) is 0. The van der Waals surface area contributed by atoms with Crippen LogP contribution >= 0.6 is 15.9 Å². The fraction of sp³-hybridized carbons (Fsp3) is 0.867. The standard InChI is InChI=1S/C15H23BrN2O2/c16-10-14(6-4-5-7-14)11-18-12(19)15(17-13(18)20)8-2-1-3-9-15/h1-11H2,(H,17,20). The molecule has 112 valence electrons. The van der Waals surface area contributed by atoms with Crippen LogP contribution in [0.15, 0.2) is 0 Å². The summed E-state index contributed by atoms with van der Waals surface area (Å²) in [5.74, 6) is 0.0365. The molecular weight excluding hydrogens is 320 g/mol. The molecule has 3 amide bonds. The van der Waals surface area contributed by atoms with E-state index in [-0.39, 0.29) is 17.4 Å². The van der Waals surface area contributed by atoms with Gasteiger partial charge in [-0.2, -0.15) is 0 Å². The first kappa shape index (κ1) is 14.4. The molecule has 0 unspecified atom stereocenters. The van der Waals surface area contributed by atoms with Gasteiger partial charge in [0.15, 0.2) is 0 Å². The van der Waals surface area contributed by atoms with Crippen molar-refractivity contribution >= 4 is 27.9 Å². The van der Waals surface area contributed by atoms with Gasteiger partial charge in [0.25, 0.3) is 5.91 Å². The number of amides is 3. The third-order valence-corrected chi connectivity index (χ3v) is 6.58. The van der Waals surface area contributed by atoms with Crippen LogP contribution < -0.4 is 5.32 Å². The molecule has 3 aliphatic rings. The molecule has 3 rings (SSSR count). The Hall–Kier alpha value is -0.580. The highest BCUT2D eigenvalue weighted by Gasteiger charge is 2.53. The number of nitrogens with zero attached hydrogens (tertiary/aromatic N) is 1. The lowest BCUT2D eigenvalue weighted by Gasteiger charge is -2.33. The van der Waals surface area contributed by atoms with E-state index in [2.05, 4.69) is 21.2 Å². The Balaban J connectivity index is 1.76. The summed E-state index contributed by atoms with van der Waals surface area (Å²) < 4.78 is 0. The Kier molecular flexibility index (Phi) is 3.82. The molecule has 1 spiro atoms. The summed E-state index contributed by atoms with van der Waals surface area (Å²) >= 11 is 3.60. The number of urea groups is 1. The van der Waals surface area contributed by atoms with Crippen LogP contribution in [0.25, 0.3) is 0 Å². The van der Waals surface area contributed by atoms with Crippen LogP contribution in [0.4, 0.5) is 4.79 Å². The minimum absolute atomic E-state index is 0.0365. The Bertz CT molecular complexity index is 412. The number of imide groups is 1. The lowest BCUT2D eigenvalue weighted by atomic mass is 9.81. The number of carbonyl (C=O) groups excluding carboxylic acids is 2. The molecule has 0 bridgehead atoms. The summed E-state index contributed by atoms with van der Waals surface area (Å²) in [6.07, 6.45) is 9.54. The van der Waals surface area contributed by atoms with Gasteiger partial charge in [-0.25, -0.2) is 4.79 Å². The van der Waals surface area contributed by atoms with Gasteiger partial charge in [0, 0.05) is 11.9 Å². The molecule has 5 heteroatoms. The normalized spacial score (nSPS) is 28.1. The predicted molar refractivity (Wildman–Crippen MR) is 80.8 cm³/mol. The van der Waals surface area contributed by atoms with Crippen LogP contribution in [0.2, 0.25) is 0 Å². The number of carbonyl (C=O) groups is 2. The first-order chi connectivity index (χ1) is 9.61. The molecule has 0 aromatic heterocycles. The van der Waals surface area contributed by atoms with E-state index in [0.29, 0.717) is 6.54 Å². The van der Waals surface area contributed by atoms with Gasteiger partial charge in [-0.3, -0.25) is 9.69 Å². The molecule has 1 heterocycles. The van der Waals surface area contributed by atoms with Crippen molar-refractivity contribution in [1.29, 1.82) is 0 Å². The van der Waals surface area contributed by atoms with Gasteiger partial charge in [-0.05, 0) is 31.1 Å². The number of rotatable bonds is 3. The van der Waals surface area contributed by atoms with Crippen molar-refractivity contribution in [2.75, 3.05) is 11.9 Å². The molecule has 0 atom stereocenters. The number of alkyl halides is 1. The Morgan fingerprint density at radius 3 is 2.20 bits per heavy atom. The summed E-state index contributed by atoms with van der Waals surface area (Å²) in [6.45, 7) is 0.588. The number of hydrogen-bond donors (Lipinski definition) is 1. The summed E-state index contributed by atoms with van der Waals surface area (Å²) in [6, 6.07) is -0.163. The Morgan fingerprint density at radius 2 is 1.60 bits per heavy atom. The maximum atomic E-state index is 12.8. The first-order valence-corrected chi connectivity index (χ1v) is 8.93. The monoisotopic (exact) mass is 342 g/mol. The fourth-order valence-corrected chi connectivity index (χ4v) is 4.85. The number of halogens is 1. The number of hydrogen-bond acceptors (Lipinski definition) is 2. The third-order valence-electron chi connectivity index (χ3n) is 5.39. The zero-order valence-corrected chi connectivity index (χ0v) is 13.5. The van der Waals surface area contributed by atoms with E-state index >= 15 is 0 Å². The van der Waals surface area contributed by atoms with Crippen LogP contribution in [0.3, 0.4) is 0 Å². The molecule has 20 heavy (non-hydrogen) atoms. The van der Waals surface area contributed by atoms with E-state index in [1.807, 2.05) is 0 Å². The predicted octanol–water partition coefficient (Wildman–Crippen LogP) is 3.20. The van der Waals surface area contributed by atoms with Crippen molar-refractivity contribution in [2.24, 2.45) is 5.41 Å². The van der Waals surface area contributed by atoms with E-state index in [1.165, 1.54) is 24.2 Å². The average Bonchev–Trinajstić information content (AvgIpc) is 3.01. The molecule has 1 aliphatic heterocycles. The SMILES string of the molecule is O=C1NC2(CCCCC2)C(=O)N1CC1(CBr)CCCC1. The lowest BCUT2D eigenvalue weighted by Crippen LogP contribution is -2.49. The minimum atomic E-state index is -0.568. The molecule has 0 aromatic rings. The maximum absolute atomic E-state index is 12.8. The lowest BCUT2D eigenvalue weighted by molar-refractivity contribution is -0.133. The van der Waals surface area contributed by atoms with Crippen LogP contribution in [-0.4, -0.2) is 34.3 Å². The average molecular weight is 343 g/mol. The largest absolute Gasteiger partial charge is 0.325 e. The second-order valence-electron chi connectivity index (χ2n) is 6.80. The highest BCUT2D eigenvalue weighted by atomic mass is 79.9. The first-order valence-electron chi connectivity index (χ1n) is 7.81. The number of nitrogens with one attached hydrogen (secondary N) is 1. The molecular formula is C15H23BrN2O2. The van der Waals surface area contributed by atoms with Crippen molar-refractivity contribution in [1.82, 2.24) is 10.2 Å². The minimum Gasteiger partial charge on any atom is -0.323 e. The molecule has 0 aromatic carbocycles. The van der Waals surface area contributed by atoms with Crippen LogP contribution in [0.1, 0.15) is 57.8 Å². The van der Waals surface area contributed by atoms with Gasteiger partial charge >= 0.3 is 6.03 Å².